The number of benzene rings is 1. The average Bonchev–Trinajstić information content (AvgIpc) is 2.56. The van der Waals surface area contributed by atoms with Gasteiger partial charge in [0.05, 0.1) is 12.5 Å². The summed E-state index contributed by atoms with van der Waals surface area (Å²) in [5.74, 6) is 0. The molecular formula is C12H12O. The van der Waals surface area contributed by atoms with Gasteiger partial charge in [0, 0.05) is 5.56 Å². The molecule has 0 aliphatic heterocycles. The molecule has 0 saturated heterocycles. The molecule has 1 heteroatoms. The molecule has 0 bridgehead atoms. The normalized spacial score (nSPS) is 10.3. The van der Waals surface area contributed by atoms with E-state index in [2.05, 4.69) is 32.0 Å². The molecule has 2 rings (SSSR count). The van der Waals surface area contributed by atoms with Crippen LogP contribution in [0.5, 0.6) is 0 Å². The van der Waals surface area contributed by atoms with Crippen LogP contribution in [0.2, 0.25) is 0 Å². The Kier molecular flexibility index (Phi) is 1.93. The Bertz CT molecular complexity index is 399. The highest BCUT2D eigenvalue weighted by molar-refractivity contribution is 5.66. The van der Waals surface area contributed by atoms with Crippen LogP contribution in [0.1, 0.15) is 11.1 Å². The fraction of sp³-hybridized carbons (Fsp3) is 0.167. The maximum atomic E-state index is 5.05. The average molecular weight is 172 g/mol. The predicted molar refractivity (Wildman–Crippen MR) is 53.6 cm³/mol. The van der Waals surface area contributed by atoms with Crippen molar-refractivity contribution >= 4 is 0 Å². The highest BCUT2D eigenvalue weighted by Gasteiger charge is 2.01. The first-order chi connectivity index (χ1) is 6.27. The number of furan rings is 1. The van der Waals surface area contributed by atoms with E-state index in [0.717, 1.165) is 5.56 Å². The SMILES string of the molecule is Cc1ccc(-c2ccoc2)c(C)c1. The van der Waals surface area contributed by atoms with E-state index < -0.39 is 0 Å². The summed E-state index contributed by atoms with van der Waals surface area (Å²) in [6.07, 6.45) is 3.48. The lowest BCUT2D eigenvalue weighted by Gasteiger charge is -2.03. The minimum Gasteiger partial charge on any atom is -0.472 e. The minimum atomic E-state index is 1.15. The Morgan fingerprint density at radius 2 is 1.92 bits per heavy atom. The zero-order chi connectivity index (χ0) is 9.26. The number of rotatable bonds is 1. The van der Waals surface area contributed by atoms with Gasteiger partial charge in [0.15, 0.2) is 0 Å². The van der Waals surface area contributed by atoms with Crippen LogP contribution in [-0.2, 0) is 0 Å². The number of aryl methyl sites for hydroxylation is 2. The van der Waals surface area contributed by atoms with Crippen molar-refractivity contribution in [1.29, 1.82) is 0 Å². The summed E-state index contributed by atoms with van der Waals surface area (Å²) in [5, 5.41) is 0. The van der Waals surface area contributed by atoms with Crippen molar-refractivity contribution in [3.05, 3.63) is 47.9 Å². The first-order valence-electron chi connectivity index (χ1n) is 4.37. The monoisotopic (exact) mass is 172 g/mol. The van der Waals surface area contributed by atoms with E-state index in [4.69, 9.17) is 4.42 Å². The van der Waals surface area contributed by atoms with Crippen molar-refractivity contribution in [2.24, 2.45) is 0 Å². The maximum absolute atomic E-state index is 5.05. The number of hydrogen-bond acceptors (Lipinski definition) is 1. The van der Waals surface area contributed by atoms with Crippen LogP contribution in [0.3, 0.4) is 0 Å². The van der Waals surface area contributed by atoms with Crippen molar-refractivity contribution in [1.82, 2.24) is 0 Å². The van der Waals surface area contributed by atoms with Crippen molar-refractivity contribution in [3.63, 3.8) is 0 Å². The largest absolute Gasteiger partial charge is 0.472 e. The van der Waals surface area contributed by atoms with Gasteiger partial charge < -0.3 is 4.42 Å². The van der Waals surface area contributed by atoms with Crippen LogP contribution in [-0.4, -0.2) is 0 Å². The molecule has 0 fully saturated rings. The van der Waals surface area contributed by atoms with Crippen LogP contribution in [0.15, 0.2) is 41.2 Å². The van der Waals surface area contributed by atoms with Gasteiger partial charge in [-0.2, -0.15) is 0 Å². The molecule has 0 N–H and O–H groups in total. The lowest BCUT2D eigenvalue weighted by Crippen LogP contribution is -1.81. The van der Waals surface area contributed by atoms with Crippen LogP contribution in [0, 0.1) is 13.8 Å². The van der Waals surface area contributed by atoms with Gasteiger partial charge in [-0.05, 0) is 31.0 Å². The predicted octanol–water partition coefficient (Wildman–Crippen LogP) is 3.56. The third-order valence-corrected chi connectivity index (χ3v) is 2.21. The zero-order valence-electron chi connectivity index (χ0n) is 7.87. The molecule has 0 spiro atoms. The second-order valence-corrected chi connectivity index (χ2v) is 3.33. The molecule has 0 saturated carbocycles. The topological polar surface area (TPSA) is 13.1 Å². The highest BCUT2D eigenvalue weighted by atomic mass is 16.3. The van der Waals surface area contributed by atoms with Crippen LogP contribution in [0.4, 0.5) is 0 Å². The first-order valence-corrected chi connectivity index (χ1v) is 4.37. The lowest BCUT2D eigenvalue weighted by molar-refractivity contribution is 0.568. The van der Waals surface area contributed by atoms with Gasteiger partial charge in [-0.1, -0.05) is 23.8 Å². The molecule has 1 aromatic carbocycles. The minimum absolute atomic E-state index is 1.15. The molecule has 1 aromatic heterocycles. The highest BCUT2D eigenvalue weighted by Crippen LogP contribution is 2.24. The molecule has 0 aliphatic carbocycles. The summed E-state index contributed by atoms with van der Waals surface area (Å²) >= 11 is 0. The van der Waals surface area contributed by atoms with Gasteiger partial charge in [-0.25, -0.2) is 0 Å². The van der Waals surface area contributed by atoms with E-state index in [0.29, 0.717) is 0 Å². The quantitative estimate of drug-likeness (QED) is 0.641. The smallest absolute Gasteiger partial charge is 0.0981 e. The molecule has 0 unspecified atom stereocenters. The van der Waals surface area contributed by atoms with E-state index in [9.17, 15) is 0 Å². The Balaban J connectivity index is 2.53. The second-order valence-electron chi connectivity index (χ2n) is 3.33. The maximum Gasteiger partial charge on any atom is 0.0981 e. The fourth-order valence-electron chi connectivity index (χ4n) is 1.56. The molecule has 13 heavy (non-hydrogen) atoms. The lowest BCUT2D eigenvalue weighted by atomic mass is 10.0. The van der Waals surface area contributed by atoms with Gasteiger partial charge in [0.1, 0.15) is 0 Å². The van der Waals surface area contributed by atoms with Gasteiger partial charge in [0.25, 0.3) is 0 Å². The molecule has 66 valence electrons. The van der Waals surface area contributed by atoms with E-state index >= 15 is 0 Å². The van der Waals surface area contributed by atoms with E-state index in [1.807, 2.05) is 6.07 Å². The summed E-state index contributed by atoms with van der Waals surface area (Å²) in [6.45, 7) is 4.22. The van der Waals surface area contributed by atoms with E-state index in [1.54, 1.807) is 12.5 Å². The molecule has 0 amide bonds. The first kappa shape index (κ1) is 8.11. The molecule has 0 radical (unpaired) electrons. The summed E-state index contributed by atoms with van der Waals surface area (Å²) in [7, 11) is 0. The van der Waals surface area contributed by atoms with Crippen molar-refractivity contribution in [3.8, 4) is 11.1 Å². The second kappa shape index (κ2) is 3.09. The standard InChI is InChI=1S/C12H12O/c1-9-3-4-12(10(2)7-9)11-5-6-13-8-11/h3-8H,1-2H3. The summed E-state index contributed by atoms with van der Waals surface area (Å²) in [5.41, 5.74) is 4.99. The Morgan fingerprint density at radius 3 is 2.54 bits per heavy atom. The van der Waals surface area contributed by atoms with Gasteiger partial charge in [-0.15, -0.1) is 0 Å². The van der Waals surface area contributed by atoms with Crippen molar-refractivity contribution < 1.29 is 4.42 Å². The Labute approximate surface area is 78.0 Å². The third-order valence-electron chi connectivity index (χ3n) is 2.21. The van der Waals surface area contributed by atoms with Crippen molar-refractivity contribution in [2.45, 2.75) is 13.8 Å². The molecular weight excluding hydrogens is 160 g/mol. The molecule has 0 atom stereocenters. The fourth-order valence-corrected chi connectivity index (χ4v) is 1.56. The van der Waals surface area contributed by atoms with Crippen LogP contribution < -0.4 is 0 Å². The summed E-state index contributed by atoms with van der Waals surface area (Å²) in [6, 6.07) is 8.42. The molecule has 0 aliphatic rings. The van der Waals surface area contributed by atoms with Crippen LogP contribution >= 0.6 is 0 Å². The third kappa shape index (κ3) is 1.50. The molecule has 1 heterocycles. The van der Waals surface area contributed by atoms with Crippen molar-refractivity contribution in [2.75, 3.05) is 0 Å². The van der Waals surface area contributed by atoms with E-state index in [1.165, 1.54) is 16.7 Å². The summed E-state index contributed by atoms with van der Waals surface area (Å²) < 4.78 is 5.05. The van der Waals surface area contributed by atoms with Gasteiger partial charge >= 0.3 is 0 Å². The molecule has 1 nitrogen and oxygen atoms in total. The van der Waals surface area contributed by atoms with Gasteiger partial charge in [-0.3, -0.25) is 0 Å². The van der Waals surface area contributed by atoms with E-state index in [-0.39, 0.29) is 0 Å². The summed E-state index contributed by atoms with van der Waals surface area (Å²) in [4.78, 5) is 0. The van der Waals surface area contributed by atoms with Crippen LogP contribution in [0.25, 0.3) is 11.1 Å². The number of hydrogen-bond donors (Lipinski definition) is 0. The Morgan fingerprint density at radius 1 is 1.08 bits per heavy atom. The molecule has 2 aromatic rings. The van der Waals surface area contributed by atoms with Gasteiger partial charge in [0.2, 0.25) is 0 Å². The zero-order valence-corrected chi connectivity index (χ0v) is 7.87. The Hall–Kier alpha value is -1.50.